The molecule has 3 nitrogen and oxygen atoms in total. The van der Waals surface area contributed by atoms with E-state index in [1.54, 1.807) is 0 Å². The molecule has 0 radical (unpaired) electrons. The van der Waals surface area contributed by atoms with Crippen molar-refractivity contribution in [3.8, 4) is 0 Å². The topological polar surface area (TPSA) is 24.5 Å². The van der Waals surface area contributed by atoms with Crippen molar-refractivity contribution >= 4 is 0 Å². The van der Waals surface area contributed by atoms with E-state index in [0.717, 1.165) is 26.3 Å². The second-order valence-corrected chi connectivity index (χ2v) is 3.50. The standard InChI is InChI=1S/C11H26N2O/c1-4-8-13(9-6-7-12-3)10-11-14-5-2/h12H,4-11H2,1-3H3. The van der Waals surface area contributed by atoms with Crippen LogP contribution in [0.5, 0.6) is 0 Å². The summed E-state index contributed by atoms with van der Waals surface area (Å²) in [4.78, 5) is 2.48. The summed E-state index contributed by atoms with van der Waals surface area (Å²) in [6, 6.07) is 0. The Morgan fingerprint density at radius 2 is 1.93 bits per heavy atom. The van der Waals surface area contributed by atoms with Gasteiger partial charge in [0.05, 0.1) is 6.61 Å². The zero-order valence-corrected chi connectivity index (χ0v) is 10.0. The number of ether oxygens (including phenoxy) is 1. The van der Waals surface area contributed by atoms with E-state index in [4.69, 9.17) is 4.74 Å². The SMILES string of the molecule is CCCN(CCCNC)CCOCC. The van der Waals surface area contributed by atoms with Crippen molar-refractivity contribution in [3.05, 3.63) is 0 Å². The Kier molecular flexibility index (Phi) is 10.9. The van der Waals surface area contributed by atoms with Gasteiger partial charge in [-0.2, -0.15) is 0 Å². The minimum Gasteiger partial charge on any atom is -0.380 e. The third-order valence-electron chi connectivity index (χ3n) is 2.20. The number of rotatable bonds is 10. The van der Waals surface area contributed by atoms with Gasteiger partial charge in [0.25, 0.3) is 0 Å². The first-order chi connectivity index (χ1) is 6.85. The van der Waals surface area contributed by atoms with E-state index in [2.05, 4.69) is 17.1 Å². The maximum atomic E-state index is 5.36. The molecule has 1 N–H and O–H groups in total. The second-order valence-electron chi connectivity index (χ2n) is 3.50. The molecule has 0 aromatic carbocycles. The van der Waals surface area contributed by atoms with Gasteiger partial charge < -0.3 is 15.0 Å². The highest BCUT2D eigenvalue weighted by Crippen LogP contribution is 1.94. The lowest BCUT2D eigenvalue weighted by Gasteiger charge is -2.21. The van der Waals surface area contributed by atoms with E-state index >= 15 is 0 Å². The van der Waals surface area contributed by atoms with Crippen LogP contribution in [-0.4, -0.2) is 51.3 Å². The number of hydrogen-bond donors (Lipinski definition) is 1. The van der Waals surface area contributed by atoms with Crippen LogP contribution in [0, 0.1) is 0 Å². The zero-order chi connectivity index (χ0) is 10.6. The number of nitrogens with zero attached hydrogens (tertiary/aromatic N) is 1. The molecule has 86 valence electrons. The Bertz CT molecular complexity index is 99.5. The van der Waals surface area contributed by atoms with Crippen molar-refractivity contribution in [2.24, 2.45) is 0 Å². The van der Waals surface area contributed by atoms with Gasteiger partial charge in [-0.25, -0.2) is 0 Å². The Labute approximate surface area is 88.8 Å². The summed E-state index contributed by atoms with van der Waals surface area (Å²) < 4.78 is 5.36. The molecule has 0 atom stereocenters. The molecular weight excluding hydrogens is 176 g/mol. The molecule has 0 heterocycles. The quantitative estimate of drug-likeness (QED) is 0.541. The fourth-order valence-electron chi connectivity index (χ4n) is 1.47. The van der Waals surface area contributed by atoms with Gasteiger partial charge in [-0.05, 0) is 46.4 Å². The van der Waals surface area contributed by atoms with Gasteiger partial charge in [-0.3, -0.25) is 0 Å². The smallest absolute Gasteiger partial charge is 0.0593 e. The fourth-order valence-corrected chi connectivity index (χ4v) is 1.47. The summed E-state index contributed by atoms with van der Waals surface area (Å²) in [5.74, 6) is 0. The predicted molar refractivity (Wildman–Crippen MR) is 61.8 cm³/mol. The Balaban J connectivity index is 3.44. The molecule has 0 aliphatic carbocycles. The monoisotopic (exact) mass is 202 g/mol. The second kappa shape index (κ2) is 11.0. The van der Waals surface area contributed by atoms with Crippen LogP contribution in [0.1, 0.15) is 26.7 Å². The van der Waals surface area contributed by atoms with Crippen molar-refractivity contribution in [3.63, 3.8) is 0 Å². The number of nitrogens with one attached hydrogen (secondary N) is 1. The molecule has 14 heavy (non-hydrogen) atoms. The van der Waals surface area contributed by atoms with E-state index in [1.165, 1.54) is 25.9 Å². The van der Waals surface area contributed by atoms with Gasteiger partial charge in [0.1, 0.15) is 0 Å². The maximum Gasteiger partial charge on any atom is 0.0593 e. The lowest BCUT2D eigenvalue weighted by Crippen LogP contribution is -2.31. The average Bonchev–Trinajstić information content (AvgIpc) is 2.18. The highest BCUT2D eigenvalue weighted by atomic mass is 16.5. The van der Waals surface area contributed by atoms with Gasteiger partial charge in [-0.15, -0.1) is 0 Å². The van der Waals surface area contributed by atoms with Crippen LogP contribution in [0.2, 0.25) is 0 Å². The predicted octanol–water partition coefficient (Wildman–Crippen LogP) is 1.34. The van der Waals surface area contributed by atoms with Gasteiger partial charge in [0.15, 0.2) is 0 Å². The normalized spacial score (nSPS) is 11.1. The molecule has 0 amide bonds. The first-order valence-corrected chi connectivity index (χ1v) is 5.79. The van der Waals surface area contributed by atoms with Crippen molar-refractivity contribution in [2.75, 3.05) is 46.4 Å². The molecule has 0 bridgehead atoms. The van der Waals surface area contributed by atoms with Crippen LogP contribution in [0.4, 0.5) is 0 Å². The highest BCUT2D eigenvalue weighted by Gasteiger charge is 2.02. The number of hydrogen-bond acceptors (Lipinski definition) is 3. The maximum absolute atomic E-state index is 5.36. The summed E-state index contributed by atoms with van der Waals surface area (Å²) in [5.41, 5.74) is 0. The molecule has 0 spiro atoms. The van der Waals surface area contributed by atoms with Crippen LogP contribution in [0.3, 0.4) is 0 Å². The summed E-state index contributed by atoms with van der Waals surface area (Å²) >= 11 is 0. The van der Waals surface area contributed by atoms with Gasteiger partial charge >= 0.3 is 0 Å². The molecule has 0 saturated heterocycles. The first kappa shape index (κ1) is 13.9. The van der Waals surface area contributed by atoms with Crippen LogP contribution in [0.15, 0.2) is 0 Å². The lowest BCUT2D eigenvalue weighted by molar-refractivity contribution is 0.113. The lowest BCUT2D eigenvalue weighted by atomic mass is 10.3. The van der Waals surface area contributed by atoms with E-state index in [1.807, 2.05) is 14.0 Å². The van der Waals surface area contributed by atoms with E-state index in [9.17, 15) is 0 Å². The Hall–Kier alpha value is -0.120. The molecule has 0 aromatic heterocycles. The first-order valence-electron chi connectivity index (χ1n) is 5.79. The zero-order valence-electron chi connectivity index (χ0n) is 10.0. The molecule has 0 saturated carbocycles. The third kappa shape index (κ3) is 8.48. The van der Waals surface area contributed by atoms with Crippen molar-refractivity contribution in [1.82, 2.24) is 10.2 Å². The van der Waals surface area contributed by atoms with Crippen LogP contribution in [-0.2, 0) is 4.74 Å². The van der Waals surface area contributed by atoms with Crippen molar-refractivity contribution in [2.45, 2.75) is 26.7 Å². The summed E-state index contributed by atoms with van der Waals surface area (Å²) in [6.45, 7) is 10.5. The van der Waals surface area contributed by atoms with Gasteiger partial charge in [0, 0.05) is 13.2 Å². The van der Waals surface area contributed by atoms with Crippen LogP contribution in [0.25, 0.3) is 0 Å². The van der Waals surface area contributed by atoms with Crippen molar-refractivity contribution < 1.29 is 4.74 Å². The summed E-state index contributed by atoms with van der Waals surface area (Å²) in [5, 5.41) is 3.17. The van der Waals surface area contributed by atoms with Crippen LogP contribution >= 0.6 is 0 Å². The van der Waals surface area contributed by atoms with E-state index in [-0.39, 0.29) is 0 Å². The summed E-state index contributed by atoms with van der Waals surface area (Å²) in [7, 11) is 2.00. The Morgan fingerprint density at radius 1 is 1.14 bits per heavy atom. The molecule has 0 aliphatic rings. The van der Waals surface area contributed by atoms with E-state index in [0.29, 0.717) is 0 Å². The molecular formula is C11H26N2O. The van der Waals surface area contributed by atoms with Gasteiger partial charge in [0.2, 0.25) is 0 Å². The largest absolute Gasteiger partial charge is 0.380 e. The average molecular weight is 202 g/mol. The summed E-state index contributed by atoms with van der Waals surface area (Å²) in [6.07, 6.45) is 2.45. The molecule has 0 aliphatic heterocycles. The van der Waals surface area contributed by atoms with E-state index < -0.39 is 0 Å². The molecule has 3 heteroatoms. The van der Waals surface area contributed by atoms with Crippen molar-refractivity contribution in [1.29, 1.82) is 0 Å². The molecule has 0 aromatic rings. The van der Waals surface area contributed by atoms with Gasteiger partial charge in [-0.1, -0.05) is 6.92 Å². The minimum atomic E-state index is 0.830. The Morgan fingerprint density at radius 3 is 2.50 bits per heavy atom. The third-order valence-corrected chi connectivity index (χ3v) is 2.20. The molecule has 0 fully saturated rings. The highest BCUT2D eigenvalue weighted by molar-refractivity contribution is 4.57. The van der Waals surface area contributed by atoms with Crippen LogP contribution < -0.4 is 5.32 Å². The minimum absolute atomic E-state index is 0.830. The molecule has 0 rings (SSSR count). The fraction of sp³-hybridized carbons (Fsp3) is 1.00. The molecule has 0 unspecified atom stereocenters.